The first-order valence-electron chi connectivity index (χ1n) is 23.5. The van der Waals surface area contributed by atoms with Crippen LogP contribution in [-0.2, 0) is 47.7 Å². The van der Waals surface area contributed by atoms with Crippen LogP contribution in [0.25, 0.3) is 0 Å². The smallest absolute Gasteiger partial charge is 0.344 e. The van der Waals surface area contributed by atoms with Gasteiger partial charge in [-0.1, -0.05) is 139 Å². The molecule has 84 heavy (non-hydrogen) atoms. The van der Waals surface area contributed by atoms with Crippen LogP contribution in [-0.4, -0.2) is 110 Å². The Kier molecular flexibility index (Phi) is 28.4. The summed E-state index contributed by atoms with van der Waals surface area (Å²) in [6, 6.07) is 26.6. The molecule has 2 unspecified atom stereocenters. The minimum absolute atomic E-state index is 0.114. The predicted molar refractivity (Wildman–Crippen MR) is 316 cm³/mol. The molecule has 18 nitrogen and oxygen atoms in total. The third-order valence-corrected chi connectivity index (χ3v) is 13.5. The van der Waals surface area contributed by atoms with Gasteiger partial charge in [-0.05, 0) is 109 Å². The highest BCUT2D eigenvalue weighted by atomic mass is 35.5. The lowest BCUT2D eigenvalue weighted by atomic mass is 9.89. The second-order valence-electron chi connectivity index (χ2n) is 16.6. The number of aliphatic carboxylic acids is 2. The molecule has 2 N–H and O–H groups in total. The van der Waals surface area contributed by atoms with E-state index >= 15 is 0 Å². The molecule has 1 aliphatic rings. The second kappa shape index (κ2) is 34.5. The fraction of sp³-hybridized carbons (Fsp3) is 0.222. The number of esters is 4. The third kappa shape index (κ3) is 24.1. The van der Waals surface area contributed by atoms with E-state index in [0.717, 1.165) is 0 Å². The summed E-state index contributed by atoms with van der Waals surface area (Å²) in [6.07, 6.45) is -5.86. The summed E-state index contributed by atoms with van der Waals surface area (Å²) in [6.45, 7) is -3.45. The zero-order chi connectivity index (χ0) is 61.6. The van der Waals surface area contributed by atoms with Crippen molar-refractivity contribution in [3.05, 3.63) is 169 Å². The molecule has 0 radical (unpaired) electrons. The molecular weight excluding hydrogens is 1360 g/mol. The van der Waals surface area contributed by atoms with Gasteiger partial charge in [0, 0.05) is 43.0 Å². The van der Waals surface area contributed by atoms with E-state index in [9.17, 15) is 28.8 Å². The topological polar surface area (TPSA) is 235 Å². The molecule has 1 fully saturated rings. The summed E-state index contributed by atoms with van der Waals surface area (Å²) in [5.41, 5.74) is 0. The number of carbonyl (C=O) groups excluding carboxylic acids is 4. The standard InChI is InChI=1S/C38H28Cl8O12.2C8H6Cl2O3/c39-19-1-5-28(24(43)9-19)51-15-34(47)55-23-13-32(56-35(48)16-52-29-6-2-20(40)10-25(29)44)38(58-37(50)18-54-31-8-4-22(42)12-27(31)46)33(14-23)57-36(49)17-53-30-7-3-21(41)11-26(30)45;2*9-5-1-2-7(6(10)3-5)13-4-8(11)12/h1-12,23,32-33,38H,13-18H2;2*1-3H,4H2,(H,11,12). The molecule has 1 aliphatic carbocycles. The SMILES string of the molecule is O=C(COc1ccc(Cl)cc1Cl)OC1CC(OC(=O)COc2ccc(Cl)cc2Cl)C(OC(=O)COc2ccc(Cl)cc2Cl)C(OC(=O)COc2ccc(Cl)cc2Cl)C1.O=C(O)COc1ccc(Cl)cc1Cl.O=C(O)COc1ccc(Cl)cc1Cl. The molecule has 7 rings (SSSR count). The van der Waals surface area contributed by atoms with Crippen LogP contribution in [0.1, 0.15) is 12.8 Å². The molecule has 0 spiro atoms. The van der Waals surface area contributed by atoms with Crippen LogP contribution in [0, 0.1) is 0 Å². The van der Waals surface area contributed by atoms with Crippen LogP contribution in [0.15, 0.2) is 109 Å². The predicted octanol–water partition coefficient (Wildman–Crippen LogP) is 14.9. The zero-order valence-electron chi connectivity index (χ0n) is 42.3. The quantitative estimate of drug-likeness (QED) is 0.0475. The van der Waals surface area contributed by atoms with Gasteiger partial charge in [0.15, 0.2) is 45.7 Å². The highest BCUT2D eigenvalue weighted by Crippen LogP contribution is 2.35. The van der Waals surface area contributed by atoms with E-state index in [-0.39, 0.29) is 55.9 Å². The number of carboxylic acids is 2. The highest BCUT2D eigenvalue weighted by Gasteiger charge is 2.46. The monoisotopic (exact) mass is 1400 g/mol. The van der Waals surface area contributed by atoms with Crippen LogP contribution in [0.2, 0.25) is 60.3 Å². The maximum atomic E-state index is 13.3. The third-order valence-electron chi connectivity index (χ3n) is 10.3. The molecule has 1 saturated carbocycles. The molecule has 0 bridgehead atoms. The van der Waals surface area contributed by atoms with E-state index < -0.39 is 99.9 Å². The van der Waals surface area contributed by atoms with Gasteiger partial charge in [0.1, 0.15) is 52.8 Å². The first-order chi connectivity index (χ1) is 39.8. The van der Waals surface area contributed by atoms with E-state index in [1.807, 2.05) is 0 Å². The van der Waals surface area contributed by atoms with E-state index in [2.05, 4.69) is 0 Å². The van der Waals surface area contributed by atoms with Gasteiger partial charge in [-0.15, -0.1) is 0 Å². The largest absolute Gasteiger partial charge is 0.480 e. The number of hydrogen-bond acceptors (Lipinski definition) is 16. The van der Waals surface area contributed by atoms with E-state index in [1.165, 1.54) is 97.1 Å². The van der Waals surface area contributed by atoms with Crippen molar-refractivity contribution in [2.45, 2.75) is 37.3 Å². The van der Waals surface area contributed by atoms with Crippen molar-refractivity contribution in [3.8, 4) is 34.5 Å². The molecule has 0 amide bonds. The molecule has 0 heterocycles. The fourth-order valence-corrected chi connectivity index (χ4v) is 9.57. The summed E-state index contributed by atoms with van der Waals surface area (Å²) >= 11 is 71.2. The molecule has 2 atom stereocenters. The van der Waals surface area contributed by atoms with Crippen LogP contribution in [0.3, 0.4) is 0 Å². The van der Waals surface area contributed by atoms with Crippen LogP contribution < -0.4 is 28.4 Å². The number of halogens is 12. The Bertz CT molecular complexity index is 3150. The average Bonchev–Trinajstić information content (AvgIpc) is 3.61. The van der Waals surface area contributed by atoms with Crippen LogP contribution >= 0.6 is 139 Å². The summed E-state index contributed by atoms with van der Waals surface area (Å²) in [4.78, 5) is 73.1. The van der Waals surface area contributed by atoms with Gasteiger partial charge in [-0.3, -0.25) is 0 Å². The van der Waals surface area contributed by atoms with E-state index in [0.29, 0.717) is 51.7 Å². The van der Waals surface area contributed by atoms with Gasteiger partial charge < -0.3 is 57.6 Å². The van der Waals surface area contributed by atoms with Crippen molar-refractivity contribution < 1.29 is 86.3 Å². The van der Waals surface area contributed by atoms with Crippen molar-refractivity contribution in [2.24, 2.45) is 0 Å². The lowest BCUT2D eigenvalue weighted by Gasteiger charge is -2.39. The minimum atomic E-state index is -1.48. The Morgan fingerprint density at radius 1 is 0.321 bits per heavy atom. The Hall–Kier alpha value is -5.58. The summed E-state index contributed by atoms with van der Waals surface area (Å²) < 4.78 is 54.7. The van der Waals surface area contributed by atoms with Crippen molar-refractivity contribution in [1.29, 1.82) is 0 Å². The average molecular weight is 1400 g/mol. The number of ether oxygens (including phenoxy) is 10. The Balaban J connectivity index is 0.000000403. The Morgan fingerprint density at radius 3 is 0.762 bits per heavy atom. The van der Waals surface area contributed by atoms with Crippen LogP contribution in [0.4, 0.5) is 0 Å². The molecule has 6 aromatic carbocycles. The second-order valence-corrected chi connectivity index (χ2v) is 21.6. The van der Waals surface area contributed by atoms with E-state index in [4.69, 9.17) is 197 Å². The normalized spacial score (nSPS) is 15.0. The molecule has 6 aromatic rings. The minimum Gasteiger partial charge on any atom is -0.480 e. The zero-order valence-corrected chi connectivity index (χ0v) is 51.4. The number of rotatable bonds is 22. The molecule has 0 aromatic heterocycles. The first-order valence-corrected chi connectivity index (χ1v) is 28.0. The van der Waals surface area contributed by atoms with Gasteiger partial charge in [0.05, 0.1) is 30.1 Å². The lowest BCUT2D eigenvalue weighted by Crippen LogP contribution is -2.53. The summed E-state index contributed by atoms with van der Waals surface area (Å²) in [5, 5.41) is 20.1. The summed E-state index contributed by atoms with van der Waals surface area (Å²) in [5.74, 6) is -4.73. The molecule has 30 heteroatoms. The number of carboxylic acid groups (broad SMARTS) is 2. The van der Waals surface area contributed by atoms with Crippen LogP contribution in [0.5, 0.6) is 34.5 Å². The van der Waals surface area contributed by atoms with Crippen molar-refractivity contribution in [1.82, 2.24) is 0 Å². The Morgan fingerprint density at radius 2 is 0.536 bits per heavy atom. The van der Waals surface area contributed by atoms with Gasteiger partial charge in [0.25, 0.3) is 0 Å². The maximum absolute atomic E-state index is 13.3. The number of carbonyl (C=O) groups is 6. The maximum Gasteiger partial charge on any atom is 0.344 e. The molecule has 0 saturated heterocycles. The number of benzene rings is 6. The Labute approximate surface area is 538 Å². The number of hydrogen-bond donors (Lipinski definition) is 2. The molecule has 448 valence electrons. The van der Waals surface area contributed by atoms with Gasteiger partial charge in [-0.2, -0.15) is 0 Å². The molecular formula is C54H40Cl12O18. The highest BCUT2D eigenvalue weighted by molar-refractivity contribution is 6.38. The van der Waals surface area contributed by atoms with Gasteiger partial charge in [-0.25, -0.2) is 28.8 Å². The first kappa shape index (κ1) is 69.2. The van der Waals surface area contributed by atoms with Crippen molar-refractivity contribution in [3.63, 3.8) is 0 Å². The van der Waals surface area contributed by atoms with Gasteiger partial charge >= 0.3 is 35.8 Å². The van der Waals surface area contributed by atoms with Gasteiger partial charge in [0.2, 0.25) is 0 Å². The molecule has 0 aliphatic heterocycles. The summed E-state index contributed by atoms with van der Waals surface area (Å²) in [7, 11) is 0. The van der Waals surface area contributed by atoms with E-state index in [1.54, 1.807) is 12.1 Å². The fourth-order valence-electron chi connectivity index (χ4n) is 6.79. The van der Waals surface area contributed by atoms with Crippen molar-refractivity contribution >= 4 is 175 Å². The van der Waals surface area contributed by atoms with Crippen molar-refractivity contribution in [2.75, 3.05) is 39.6 Å². The lowest BCUT2D eigenvalue weighted by molar-refractivity contribution is -0.205.